The molecule has 0 atom stereocenters. The van der Waals surface area contributed by atoms with E-state index in [4.69, 9.17) is 9.29 Å². The molecule has 0 spiro atoms. The number of hydrogen-bond acceptors (Lipinski definition) is 4. The Morgan fingerprint density at radius 1 is 1.04 bits per heavy atom. The van der Waals surface area contributed by atoms with Gasteiger partial charge in [-0.25, -0.2) is 0 Å². The molecule has 1 heterocycles. The predicted molar refractivity (Wildman–Crippen MR) is 97.6 cm³/mol. The summed E-state index contributed by atoms with van der Waals surface area (Å²) in [5.41, 5.74) is 0. The van der Waals surface area contributed by atoms with Crippen molar-refractivity contribution in [1.82, 2.24) is 9.21 Å². The Balaban J connectivity index is 1.92. The van der Waals surface area contributed by atoms with Crippen molar-refractivity contribution in [3.05, 3.63) is 0 Å². The second-order valence-electron chi connectivity index (χ2n) is 6.87. The van der Waals surface area contributed by atoms with Gasteiger partial charge in [-0.3, -0.25) is 4.55 Å². The van der Waals surface area contributed by atoms with Crippen molar-refractivity contribution in [2.24, 2.45) is 0 Å². The largest absolute Gasteiger partial charge is 0.378 e. The van der Waals surface area contributed by atoms with Crippen molar-refractivity contribution in [3.8, 4) is 0 Å². The molecule has 1 N–H and O–H groups in total. The van der Waals surface area contributed by atoms with Crippen LogP contribution >= 0.6 is 0 Å². The van der Waals surface area contributed by atoms with Gasteiger partial charge in [-0.2, -0.15) is 12.7 Å². The monoisotopic (exact) mass is 364 g/mol. The van der Waals surface area contributed by atoms with Crippen LogP contribution in [0.2, 0.25) is 0 Å². The Morgan fingerprint density at radius 2 is 1.62 bits per heavy atom. The average molecular weight is 365 g/mol. The van der Waals surface area contributed by atoms with Gasteiger partial charge in [-0.15, -0.1) is 0 Å². The van der Waals surface area contributed by atoms with Crippen LogP contribution in [0, 0.1) is 0 Å². The first kappa shape index (κ1) is 21.8. The molecule has 0 aliphatic carbocycles. The highest BCUT2D eigenvalue weighted by molar-refractivity contribution is 7.83. The fraction of sp³-hybridized carbons (Fsp3) is 1.00. The zero-order valence-corrected chi connectivity index (χ0v) is 16.3. The minimum Gasteiger partial charge on any atom is -0.378 e. The van der Waals surface area contributed by atoms with Crippen LogP contribution in [0.15, 0.2) is 0 Å². The molecule has 1 aliphatic rings. The summed E-state index contributed by atoms with van der Waals surface area (Å²) in [5.74, 6) is 0. The first-order valence-electron chi connectivity index (χ1n) is 9.46. The molecule has 0 saturated carbocycles. The second kappa shape index (κ2) is 12.2. The van der Waals surface area contributed by atoms with Crippen molar-refractivity contribution >= 4 is 10.3 Å². The van der Waals surface area contributed by atoms with Gasteiger partial charge in [0, 0.05) is 19.7 Å². The maximum atomic E-state index is 11.0. The molecule has 0 amide bonds. The molecule has 0 bridgehead atoms. The van der Waals surface area contributed by atoms with Crippen LogP contribution in [0.4, 0.5) is 0 Å². The number of hydrogen-bond donors (Lipinski definition) is 1. The molecule has 0 aromatic rings. The third kappa shape index (κ3) is 9.93. The van der Waals surface area contributed by atoms with Crippen molar-refractivity contribution in [2.45, 2.75) is 70.8 Å². The van der Waals surface area contributed by atoms with Crippen LogP contribution in [0.3, 0.4) is 0 Å². The number of unbranched alkanes of at least 4 members (excludes halogenated alkanes) is 5. The van der Waals surface area contributed by atoms with E-state index in [1.54, 1.807) is 0 Å². The summed E-state index contributed by atoms with van der Waals surface area (Å²) in [7, 11) is -1.82. The molecule has 0 aromatic heterocycles. The summed E-state index contributed by atoms with van der Waals surface area (Å²) in [6.45, 7) is 6.09. The minimum absolute atomic E-state index is 0.132. The van der Waals surface area contributed by atoms with Gasteiger partial charge < -0.3 is 9.64 Å². The van der Waals surface area contributed by atoms with Crippen LogP contribution in [0.1, 0.15) is 64.7 Å². The summed E-state index contributed by atoms with van der Waals surface area (Å²) < 4.78 is 37.9. The van der Waals surface area contributed by atoms with Crippen LogP contribution in [0.25, 0.3) is 0 Å². The lowest BCUT2D eigenvalue weighted by Gasteiger charge is -2.29. The molecule has 1 saturated heterocycles. The number of rotatable bonds is 13. The van der Waals surface area contributed by atoms with Gasteiger partial charge in [0.1, 0.15) is 0 Å². The molecule has 24 heavy (non-hydrogen) atoms. The third-order valence-corrected chi connectivity index (χ3v) is 5.68. The average Bonchev–Trinajstić information content (AvgIpc) is 2.54. The van der Waals surface area contributed by atoms with Gasteiger partial charge in [0.2, 0.25) is 0 Å². The molecule has 0 aromatic carbocycles. The molecule has 144 valence electrons. The highest BCUT2D eigenvalue weighted by Crippen LogP contribution is 2.16. The zero-order valence-electron chi connectivity index (χ0n) is 15.5. The van der Waals surface area contributed by atoms with E-state index >= 15 is 0 Å². The molecule has 0 radical (unpaired) electrons. The third-order valence-electron chi connectivity index (χ3n) is 4.66. The predicted octanol–water partition coefficient (Wildman–Crippen LogP) is 2.95. The number of ether oxygens (including phenoxy) is 1. The van der Waals surface area contributed by atoms with Crippen LogP contribution in [-0.4, -0.2) is 68.1 Å². The van der Waals surface area contributed by atoms with Crippen molar-refractivity contribution in [3.63, 3.8) is 0 Å². The van der Waals surface area contributed by atoms with E-state index < -0.39 is 10.3 Å². The van der Waals surface area contributed by atoms with E-state index in [1.807, 2.05) is 0 Å². The van der Waals surface area contributed by atoms with Crippen LogP contribution in [0.5, 0.6) is 0 Å². The smallest absolute Gasteiger partial charge is 0.335 e. The molecular weight excluding hydrogens is 328 g/mol. The van der Waals surface area contributed by atoms with E-state index in [0.29, 0.717) is 25.9 Å². The van der Waals surface area contributed by atoms with E-state index in [1.165, 1.54) is 51.6 Å². The molecule has 7 heteroatoms. The summed E-state index contributed by atoms with van der Waals surface area (Å²) in [4.78, 5) is 2.43. The van der Waals surface area contributed by atoms with Gasteiger partial charge in [0.05, 0.1) is 6.10 Å². The Labute approximate surface area is 148 Å². The zero-order chi connectivity index (χ0) is 17.8. The summed E-state index contributed by atoms with van der Waals surface area (Å²) in [6.07, 6.45) is 10.1. The highest BCUT2D eigenvalue weighted by Gasteiger charge is 2.26. The molecule has 6 nitrogen and oxygen atoms in total. The fourth-order valence-corrected chi connectivity index (χ4v) is 3.73. The Kier molecular flexibility index (Phi) is 11.1. The Morgan fingerprint density at radius 3 is 2.21 bits per heavy atom. The molecular formula is C17H36N2O4S. The van der Waals surface area contributed by atoms with Crippen molar-refractivity contribution in [2.75, 3.05) is 39.8 Å². The second-order valence-corrected chi connectivity index (χ2v) is 8.28. The topological polar surface area (TPSA) is 70.1 Å². The lowest BCUT2D eigenvalue weighted by molar-refractivity contribution is 0.0181. The van der Waals surface area contributed by atoms with Crippen molar-refractivity contribution < 1.29 is 17.7 Å². The molecule has 1 fully saturated rings. The van der Waals surface area contributed by atoms with E-state index in [0.717, 1.165) is 17.3 Å². The lowest BCUT2D eigenvalue weighted by atomic mass is 10.1. The summed E-state index contributed by atoms with van der Waals surface area (Å²) in [6, 6.07) is 0. The van der Waals surface area contributed by atoms with Crippen molar-refractivity contribution in [1.29, 1.82) is 0 Å². The highest BCUT2D eigenvalue weighted by atomic mass is 32.2. The van der Waals surface area contributed by atoms with Gasteiger partial charge in [0.25, 0.3) is 0 Å². The van der Waals surface area contributed by atoms with Gasteiger partial charge in [0.15, 0.2) is 0 Å². The normalized spacial score (nSPS) is 17.7. The number of nitrogens with zero attached hydrogens (tertiary/aromatic N) is 2. The number of piperidine rings is 1. The van der Waals surface area contributed by atoms with Gasteiger partial charge in [-0.1, -0.05) is 32.6 Å². The van der Waals surface area contributed by atoms with Crippen LogP contribution < -0.4 is 0 Å². The lowest BCUT2D eigenvalue weighted by Crippen LogP contribution is -2.40. The van der Waals surface area contributed by atoms with E-state index in [-0.39, 0.29) is 6.10 Å². The standard InChI is InChI=1S/C17H36N2O4S/c1-3-4-7-12-18(2)13-8-5-6-9-16-23-17-10-14-19(15-11-17)24(20,21)22/h17H,3-16H2,1-2H3,(H,20,21,22). The van der Waals surface area contributed by atoms with Gasteiger partial charge in [-0.05, 0) is 52.2 Å². The van der Waals surface area contributed by atoms with Crippen LogP contribution in [-0.2, 0) is 15.0 Å². The Hall–Kier alpha value is -0.210. The Bertz CT molecular complexity index is 409. The van der Waals surface area contributed by atoms with E-state index in [2.05, 4.69) is 18.9 Å². The first-order valence-corrected chi connectivity index (χ1v) is 10.9. The maximum Gasteiger partial charge on any atom is 0.335 e. The molecule has 1 aliphatic heterocycles. The quantitative estimate of drug-likeness (QED) is 0.402. The summed E-state index contributed by atoms with van der Waals surface area (Å²) in [5, 5.41) is 0. The van der Waals surface area contributed by atoms with Gasteiger partial charge >= 0.3 is 10.3 Å². The molecule has 0 unspecified atom stereocenters. The molecule has 1 rings (SSSR count). The SMILES string of the molecule is CCCCCN(C)CCCCCCOC1CCN(S(=O)(=O)O)CC1. The minimum atomic E-state index is -4.03. The summed E-state index contributed by atoms with van der Waals surface area (Å²) >= 11 is 0. The first-order chi connectivity index (χ1) is 11.4. The fourth-order valence-electron chi connectivity index (χ4n) is 3.06. The van der Waals surface area contributed by atoms with E-state index in [9.17, 15) is 8.42 Å². The maximum absolute atomic E-state index is 11.0.